The van der Waals surface area contributed by atoms with Crippen LogP contribution in [0, 0.1) is 0 Å². The minimum atomic E-state index is -0.566. The molecule has 0 aromatic carbocycles. The maximum Gasteiger partial charge on any atom is 0.163 e. The molecule has 0 bridgehead atoms. The van der Waals surface area contributed by atoms with Crippen molar-refractivity contribution in [1.29, 1.82) is 0 Å². The van der Waals surface area contributed by atoms with Crippen molar-refractivity contribution in [3.05, 3.63) is 17.5 Å². The Morgan fingerprint density at radius 2 is 2.43 bits per heavy atom. The molecule has 1 aliphatic heterocycles. The Labute approximate surface area is 81.6 Å². The second-order valence-electron chi connectivity index (χ2n) is 3.69. The van der Waals surface area contributed by atoms with Crippen LogP contribution in [0.4, 0.5) is 0 Å². The molecule has 78 valence electrons. The van der Waals surface area contributed by atoms with Crippen molar-refractivity contribution in [2.75, 3.05) is 6.61 Å². The first-order chi connectivity index (χ1) is 6.61. The lowest BCUT2D eigenvalue weighted by molar-refractivity contribution is -0.139. The van der Waals surface area contributed by atoms with Crippen LogP contribution in [0.25, 0.3) is 0 Å². The number of hydrogen-bond acceptors (Lipinski definition) is 5. The van der Waals surface area contributed by atoms with E-state index in [0.717, 1.165) is 0 Å². The van der Waals surface area contributed by atoms with Gasteiger partial charge in [-0.15, -0.1) is 0 Å². The predicted molar refractivity (Wildman–Crippen MR) is 46.3 cm³/mol. The topological polar surface area (TPSA) is 64.7 Å². The van der Waals surface area contributed by atoms with Gasteiger partial charge in [0.1, 0.15) is 18.4 Å². The molecule has 0 amide bonds. The average Bonchev–Trinajstić information content (AvgIpc) is 2.70. The van der Waals surface area contributed by atoms with Crippen LogP contribution in [0.3, 0.4) is 0 Å². The van der Waals surface area contributed by atoms with Crippen molar-refractivity contribution in [3.63, 3.8) is 0 Å². The van der Waals surface area contributed by atoms with E-state index in [9.17, 15) is 0 Å². The summed E-state index contributed by atoms with van der Waals surface area (Å²) < 4.78 is 15.8. The Kier molecular flexibility index (Phi) is 2.30. The standard InChI is InChI=1S/C9H13NO4/c1-9(2)12-5-8(13-9)7-3-6(4-11)14-10-7/h3,8,11H,4-5H2,1-2H3/t8-/m1/s1. The van der Waals surface area contributed by atoms with Gasteiger partial charge in [-0.3, -0.25) is 0 Å². The van der Waals surface area contributed by atoms with E-state index < -0.39 is 5.79 Å². The third kappa shape index (κ3) is 1.79. The quantitative estimate of drug-likeness (QED) is 0.769. The number of ether oxygens (including phenoxy) is 2. The van der Waals surface area contributed by atoms with E-state index in [2.05, 4.69) is 5.16 Å². The first-order valence-electron chi connectivity index (χ1n) is 4.49. The molecule has 0 aliphatic carbocycles. The SMILES string of the molecule is CC1(C)OC[C@H](c2cc(CO)on2)O1. The smallest absolute Gasteiger partial charge is 0.163 e. The monoisotopic (exact) mass is 199 g/mol. The van der Waals surface area contributed by atoms with Crippen LogP contribution in [0.1, 0.15) is 31.4 Å². The van der Waals surface area contributed by atoms with Crippen molar-refractivity contribution in [2.45, 2.75) is 32.3 Å². The molecule has 0 unspecified atom stereocenters. The molecule has 14 heavy (non-hydrogen) atoms. The van der Waals surface area contributed by atoms with Crippen LogP contribution in [-0.4, -0.2) is 22.7 Å². The van der Waals surface area contributed by atoms with Gasteiger partial charge in [0, 0.05) is 6.07 Å². The molecule has 1 fully saturated rings. The third-order valence-corrected chi connectivity index (χ3v) is 2.07. The highest BCUT2D eigenvalue weighted by atomic mass is 16.7. The summed E-state index contributed by atoms with van der Waals surface area (Å²) in [6.07, 6.45) is -0.200. The van der Waals surface area contributed by atoms with Crippen LogP contribution >= 0.6 is 0 Å². The molecule has 0 spiro atoms. The summed E-state index contributed by atoms with van der Waals surface area (Å²) in [7, 11) is 0. The first-order valence-corrected chi connectivity index (χ1v) is 4.49. The number of aromatic nitrogens is 1. The van der Waals surface area contributed by atoms with Crippen molar-refractivity contribution in [3.8, 4) is 0 Å². The Morgan fingerprint density at radius 3 is 2.93 bits per heavy atom. The molecule has 2 rings (SSSR count). The molecule has 1 saturated heterocycles. The van der Waals surface area contributed by atoms with Gasteiger partial charge in [-0.2, -0.15) is 0 Å². The van der Waals surface area contributed by atoms with Gasteiger partial charge in [-0.05, 0) is 13.8 Å². The zero-order valence-electron chi connectivity index (χ0n) is 8.19. The zero-order valence-corrected chi connectivity index (χ0v) is 8.19. The largest absolute Gasteiger partial charge is 0.388 e. The zero-order chi connectivity index (χ0) is 10.2. The van der Waals surface area contributed by atoms with Crippen molar-refractivity contribution in [1.82, 2.24) is 5.16 Å². The summed E-state index contributed by atoms with van der Waals surface area (Å²) in [5.41, 5.74) is 0.666. The van der Waals surface area contributed by atoms with E-state index in [4.69, 9.17) is 19.1 Å². The number of aliphatic hydroxyl groups excluding tert-OH is 1. The Balaban J connectivity index is 2.09. The average molecular weight is 199 g/mol. The molecule has 2 heterocycles. The molecule has 0 saturated carbocycles. The summed E-state index contributed by atoms with van der Waals surface area (Å²) in [5, 5.41) is 12.6. The van der Waals surface area contributed by atoms with Crippen LogP contribution in [-0.2, 0) is 16.1 Å². The van der Waals surface area contributed by atoms with E-state index >= 15 is 0 Å². The van der Waals surface area contributed by atoms with Crippen LogP contribution in [0.5, 0.6) is 0 Å². The van der Waals surface area contributed by atoms with E-state index in [0.29, 0.717) is 18.1 Å². The Hall–Kier alpha value is -0.910. The highest BCUT2D eigenvalue weighted by molar-refractivity contribution is 5.08. The lowest BCUT2D eigenvalue weighted by Gasteiger charge is -2.15. The summed E-state index contributed by atoms with van der Waals surface area (Å²) in [6, 6.07) is 1.68. The molecule has 5 heteroatoms. The second-order valence-corrected chi connectivity index (χ2v) is 3.69. The van der Waals surface area contributed by atoms with E-state index in [1.54, 1.807) is 6.07 Å². The Morgan fingerprint density at radius 1 is 1.64 bits per heavy atom. The van der Waals surface area contributed by atoms with E-state index in [1.807, 2.05) is 13.8 Å². The van der Waals surface area contributed by atoms with Gasteiger partial charge >= 0.3 is 0 Å². The van der Waals surface area contributed by atoms with Gasteiger partial charge in [0.25, 0.3) is 0 Å². The van der Waals surface area contributed by atoms with Crippen LogP contribution < -0.4 is 0 Å². The first kappa shape index (κ1) is 9.64. The molecular weight excluding hydrogens is 186 g/mol. The predicted octanol–water partition coefficient (Wildman–Crippen LogP) is 0.991. The molecule has 1 N–H and O–H groups in total. The van der Waals surface area contributed by atoms with E-state index in [1.165, 1.54) is 0 Å². The number of rotatable bonds is 2. The minimum absolute atomic E-state index is 0.149. The van der Waals surface area contributed by atoms with Crippen molar-refractivity contribution in [2.24, 2.45) is 0 Å². The molecule has 1 aromatic rings. The second kappa shape index (κ2) is 3.34. The maximum absolute atomic E-state index is 8.79. The van der Waals surface area contributed by atoms with Gasteiger partial charge in [0.05, 0.1) is 6.61 Å². The highest BCUT2D eigenvalue weighted by Gasteiger charge is 2.35. The summed E-state index contributed by atoms with van der Waals surface area (Å²) in [5.74, 6) is -0.128. The van der Waals surface area contributed by atoms with Gasteiger partial charge < -0.3 is 19.1 Å². The fourth-order valence-electron chi connectivity index (χ4n) is 1.39. The summed E-state index contributed by atoms with van der Waals surface area (Å²) in [6.45, 7) is 4.01. The van der Waals surface area contributed by atoms with Crippen LogP contribution in [0.2, 0.25) is 0 Å². The molecule has 1 aliphatic rings. The lowest BCUT2D eigenvalue weighted by Crippen LogP contribution is -2.19. The highest BCUT2D eigenvalue weighted by Crippen LogP contribution is 2.32. The minimum Gasteiger partial charge on any atom is -0.388 e. The van der Waals surface area contributed by atoms with Crippen molar-refractivity contribution < 1.29 is 19.1 Å². The number of aliphatic hydroxyl groups is 1. The molecule has 0 radical (unpaired) electrons. The Bertz CT molecular complexity index is 320. The molecule has 1 atom stereocenters. The normalized spacial score (nSPS) is 25.5. The van der Waals surface area contributed by atoms with Gasteiger partial charge in [0.2, 0.25) is 0 Å². The van der Waals surface area contributed by atoms with Gasteiger partial charge in [-0.25, -0.2) is 0 Å². The fourth-order valence-corrected chi connectivity index (χ4v) is 1.39. The fraction of sp³-hybridized carbons (Fsp3) is 0.667. The third-order valence-electron chi connectivity index (χ3n) is 2.07. The summed E-state index contributed by atoms with van der Waals surface area (Å²) in [4.78, 5) is 0. The number of nitrogens with zero attached hydrogens (tertiary/aromatic N) is 1. The lowest BCUT2D eigenvalue weighted by atomic mass is 10.2. The van der Waals surface area contributed by atoms with E-state index in [-0.39, 0.29) is 12.7 Å². The summed E-state index contributed by atoms with van der Waals surface area (Å²) >= 11 is 0. The van der Waals surface area contributed by atoms with Gasteiger partial charge in [0.15, 0.2) is 11.5 Å². The van der Waals surface area contributed by atoms with Gasteiger partial charge in [-0.1, -0.05) is 5.16 Å². The number of hydrogen-bond donors (Lipinski definition) is 1. The maximum atomic E-state index is 8.79. The molecule has 5 nitrogen and oxygen atoms in total. The van der Waals surface area contributed by atoms with Crippen molar-refractivity contribution >= 4 is 0 Å². The molecular formula is C9H13NO4. The van der Waals surface area contributed by atoms with Crippen LogP contribution in [0.15, 0.2) is 10.6 Å². The molecule has 1 aromatic heterocycles.